The SMILES string of the molecule is O=C(c1nnn(Cc2ccccc2)n1)N(CC1CCNCC1)c1ccc([As]2SCCS2)cc1. The number of tetrazole rings is 1. The molecule has 0 aliphatic carbocycles. The van der Waals surface area contributed by atoms with Crippen LogP contribution in [0.1, 0.15) is 29.0 Å². The minimum absolute atomic E-state index is 0.153. The Kier molecular flexibility index (Phi) is 7.71. The molecule has 5 rings (SSSR count). The first kappa shape index (κ1) is 23.0. The molecule has 0 radical (unpaired) electrons. The molecule has 3 aromatic rings. The molecule has 1 N–H and O–H groups in total. The van der Waals surface area contributed by atoms with Crippen molar-refractivity contribution in [2.75, 3.05) is 36.0 Å². The Morgan fingerprint density at radius 1 is 1.06 bits per heavy atom. The number of amides is 1. The molecule has 0 bridgehead atoms. The van der Waals surface area contributed by atoms with Crippen LogP contribution in [0.25, 0.3) is 0 Å². The molecule has 1 aromatic heterocycles. The number of piperidine rings is 1. The zero-order valence-electron chi connectivity index (χ0n) is 18.3. The van der Waals surface area contributed by atoms with E-state index in [1.165, 1.54) is 20.7 Å². The molecule has 172 valence electrons. The molecule has 2 saturated heterocycles. The van der Waals surface area contributed by atoms with Crippen LogP contribution in [0, 0.1) is 5.92 Å². The molecule has 33 heavy (non-hydrogen) atoms. The number of nitrogens with one attached hydrogen (secondary N) is 1. The number of anilines is 1. The van der Waals surface area contributed by atoms with Crippen LogP contribution in [-0.2, 0) is 6.54 Å². The summed E-state index contributed by atoms with van der Waals surface area (Å²) in [6.45, 7) is 3.17. The standard InChI is InChI=1S/C23H27AsN6OS2/c31-23(22-26-28-30(27-22)17-18-4-2-1-3-5-18)29(16-19-10-12-25-13-11-19)21-8-6-20(7-9-21)24-32-14-15-33-24/h1-9,19,25H,10-17H2. The van der Waals surface area contributed by atoms with E-state index in [-0.39, 0.29) is 11.7 Å². The molecular weight excluding hydrogens is 515 g/mol. The van der Waals surface area contributed by atoms with Crippen LogP contribution in [0.4, 0.5) is 5.69 Å². The third-order valence-corrected chi connectivity index (χ3v) is 19.6. The van der Waals surface area contributed by atoms with E-state index in [2.05, 4.69) is 65.0 Å². The number of aromatic nitrogens is 4. The monoisotopic (exact) mass is 542 g/mol. The Morgan fingerprint density at radius 2 is 1.79 bits per heavy atom. The molecule has 0 spiro atoms. The number of nitrogens with zero attached hydrogens (tertiary/aromatic N) is 5. The maximum absolute atomic E-state index is 13.6. The zero-order chi connectivity index (χ0) is 22.5. The molecule has 2 aromatic carbocycles. The predicted molar refractivity (Wildman–Crippen MR) is 137 cm³/mol. The van der Waals surface area contributed by atoms with Crippen molar-refractivity contribution in [3.63, 3.8) is 0 Å². The number of rotatable bonds is 7. The van der Waals surface area contributed by atoms with Crippen molar-refractivity contribution < 1.29 is 4.79 Å². The van der Waals surface area contributed by atoms with Gasteiger partial charge in [0.15, 0.2) is 0 Å². The van der Waals surface area contributed by atoms with Gasteiger partial charge in [-0.3, -0.25) is 0 Å². The summed E-state index contributed by atoms with van der Waals surface area (Å²) in [4.78, 5) is 16.9. The molecule has 2 aliphatic heterocycles. The molecule has 10 heteroatoms. The molecule has 0 unspecified atom stereocenters. The van der Waals surface area contributed by atoms with E-state index in [0.29, 0.717) is 19.0 Å². The first-order valence-electron chi connectivity index (χ1n) is 11.3. The van der Waals surface area contributed by atoms with E-state index in [1.54, 1.807) is 0 Å². The van der Waals surface area contributed by atoms with E-state index in [9.17, 15) is 4.79 Å². The summed E-state index contributed by atoms with van der Waals surface area (Å²) in [6.07, 6.45) is 2.14. The van der Waals surface area contributed by atoms with Gasteiger partial charge in [0.05, 0.1) is 0 Å². The van der Waals surface area contributed by atoms with Gasteiger partial charge in [0.25, 0.3) is 0 Å². The number of benzene rings is 2. The number of hydrogen-bond acceptors (Lipinski definition) is 7. The Morgan fingerprint density at radius 3 is 2.52 bits per heavy atom. The van der Waals surface area contributed by atoms with E-state index in [0.717, 1.165) is 37.2 Å². The fourth-order valence-corrected chi connectivity index (χ4v) is 18.2. The summed E-state index contributed by atoms with van der Waals surface area (Å²) in [5.41, 5.74) is 1.99. The van der Waals surface area contributed by atoms with Gasteiger partial charge in [0.1, 0.15) is 0 Å². The van der Waals surface area contributed by atoms with Gasteiger partial charge in [-0.1, -0.05) is 18.2 Å². The Hall–Kier alpha value is -1.80. The van der Waals surface area contributed by atoms with E-state index < -0.39 is 12.3 Å². The number of carbonyl (C=O) groups excluding carboxylic acids is 1. The van der Waals surface area contributed by atoms with Crippen molar-refractivity contribution in [1.29, 1.82) is 0 Å². The molecular formula is C23H27AsN6OS2. The van der Waals surface area contributed by atoms with Crippen molar-refractivity contribution >= 4 is 48.3 Å². The van der Waals surface area contributed by atoms with Crippen molar-refractivity contribution in [3.05, 3.63) is 66.0 Å². The first-order chi connectivity index (χ1) is 16.3. The Labute approximate surface area is 205 Å². The molecule has 2 aliphatic rings. The third kappa shape index (κ3) is 5.83. The quantitative estimate of drug-likeness (QED) is 0.460. The summed E-state index contributed by atoms with van der Waals surface area (Å²) in [7, 11) is 4.27. The van der Waals surface area contributed by atoms with Crippen LogP contribution < -0.4 is 14.6 Å². The summed E-state index contributed by atoms with van der Waals surface area (Å²) < 4.78 is 1.46. The Balaban J connectivity index is 1.36. The van der Waals surface area contributed by atoms with E-state index in [1.807, 2.05) is 35.2 Å². The second kappa shape index (κ2) is 11.1. The topological polar surface area (TPSA) is 75.9 Å². The van der Waals surface area contributed by atoms with Crippen molar-refractivity contribution in [1.82, 2.24) is 25.5 Å². The molecule has 3 heterocycles. The van der Waals surface area contributed by atoms with Crippen LogP contribution in [0.5, 0.6) is 0 Å². The molecule has 1 amide bonds. The maximum atomic E-state index is 13.6. The summed E-state index contributed by atoms with van der Waals surface area (Å²) in [5.74, 6) is 2.96. The Bertz CT molecular complexity index is 1050. The van der Waals surface area contributed by atoms with Crippen LogP contribution in [0.15, 0.2) is 54.6 Å². The van der Waals surface area contributed by atoms with Gasteiger partial charge in [-0.25, -0.2) is 0 Å². The normalized spacial score (nSPS) is 17.3. The second-order valence-corrected chi connectivity index (χ2v) is 19.9. The van der Waals surface area contributed by atoms with Gasteiger partial charge in [0.2, 0.25) is 0 Å². The van der Waals surface area contributed by atoms with E-state index >= 15 is 0 Å². The van der Waals surface area contributed by atoms with Gasteiger partial charge in [-0.2, -0.15) is 0 Å². The summed E-state index contributed by atoms with van der Waals surface area (Å²) in [6, 6.07) is 18.6. The summed E-state index contributed by atoms with van der Waals surface area (Å²) in [5, 5.41) is 16.1. The predicted octanol–water partition coefficient (Wildman–Crippen LogP) is 2.54. The average molecular weight is 543 g/mol. The fourth-order valence-electron chi connectivity index (χ4n) is 4.07. The fraction of sp³-hybridized carbons (Fsp3) is 0.391. The minimum atomic E-state index is -1.03. The molecule has 7 nitrogen and oxygen atoms in total. The van der Waals surface area contributed by atoms with Crippen LogP contribution >= 0.6 is 20.0 Å². The van der Waals surface area contributed by atoms with Crippen molar-refractivity contribution in [2.24, 2.45) is 5.92 Å². The van der Waals surface area contributed by atoms with Crippen LogP contribution in [0.3, 0.4) is 0 Å². The number of carbonyl (C=O) groups is 1. The van der Waals surface area contributed by atoms with Crippen molar-refractivity contribution in [2.45, 2.75) is 19.4 Å². The van der Waals surface area contributed by atoms with E-state index in [4.69, 9.17) is 0 Å². The first-order valence-corrected chi connectivity index (χ1v) is 18.7. The zero-order valence-corrected chi connectivity index (χ0v) is 21.8. The number of hydrogen-bond donors (Lipinski definition) is 1. The van der Waals surface area contributed by atoms with Gasteiger partial charge in [-0.15, -0.1) is 0 Å². The van der Waals surface area contributed by atoms with Gasteiger partial charge < -0.3 is 0 Å². The van der Waals surface area contributed by atoms with Gasteiger partial charge >= 0.3 is 188 Å². The third-order valence-electron chi connectivity index (χ3n) is 5.83. The second-order valence-electron chi connectivity index (χ2n) is 8.18. The average Bonchev–Trinajstić information content (AvgIpc) is 3.57. The van der Waals surface area contributed by atoms with Crippen LogP contribution in [0.2, 0.25) is 0 Å². The van der Waals surface area contributed by atoms with Gasteiger partial charge in [0, 0.05) is 0 Å². The van der Waals surface area contributed by atoms with Crippen LogP contribution in [-0.4, -0.2) is 69.6 Å². The molecule has 0 saturated carbocycles. The molecule has 2 fully saturated rings. The van der Waals surface area contributed by atoms with Gasteiger partial charge in [-0.05, 0) is 0 Å². The molecule has 0 atom stereocenters. The van der Waals surface area contributed by atoms with Crippen molar-refractivity contribution in [3.8, 4) is 0 Å². The summed E-state index contributed by atoms with van der Waals surface area (Å²) >= 11 is -1.03.